The van der Waals surface area contributed by atoms with E-state index in [1.807, 2.05) is 64.9 Å². The minimum Gasteiger partial charge on any atom is -0.494 e. The number of amides is 1. The zero-order valence-electron chi connectivity index (χ0n) is 15.5. The fraction of sp³-hybridized carbons (Fsp3) is 0.381. The molecule has 1 unspecified atom stereocenters. The van der Waals surface area contributed by atoms with Gasteiger partial charge < -0.3 is 9.64 Å². The van der Waals surface area contributed by atoms with Crippen LogP contribution in [-0.4, -0.2) is 45.1 Å². The number of aromatic nitrogens is 3. The van der Waals surface area contributed by atoms with Gasteiger partial charge in [-0.1, -0.05) is 18.2 Å². The van der Waals surface area contributed by atoms with Gasteiger partial charge in [-0.15, -0.1) is 10.2 Å². The Labute approximate surface area is 158 Å². The first-order valence-electron chi connectivity index (χ1n) is 9.54. The monoisotopic (exact) mass is 364 g/mol. The predicted molar refractivity (Wildman–Crippen MR) is 103 cm³/mol. The average Bonchev–Trinajstić information content (AvgIpc) is 3.14. The van der Waals surface area contributed by atoms with E-state index in [0.29, 0.717) is 19.6 Å². The topological polar surface area (TPSA) is 59.7 Å². The molecule has 1 aromatic carbocycles. The molecule has 6 nitrogen and oxygen atoms in total. The van der Waals surface area contributed by atoms with Crippen molar-refractivity contribution < 1.29 is 9.53 Å². The van der Waals surface area contributed by atoms with Gasteiger partial charge >= 0.3 is 0 Å². The third-order valence-electron chi connectivity index (χ3n) is 5.07. The van der Waals surface area contributed by atoms with Crippen LogP contribution in [0.4, 0.5) is 0 Å². The van der Waals surface area contributed by atoms with Crippen molar-refractivity contribution in [2.75, 3.05) is 19.7 Å². The number of benzene rings is 1. The number of nitrogens with zero attached hydrogens (tertiary/aromatic N) is 4. The van der Waals surface area contributed by atoms with Crippen LogP contribution in [0.5, 0.6) is 5.75 Å². The van der Waals surface area contributed by atoms with Crippen LogP contribution in [0.1, 0.15) is 37.1 Å². The maximum absolute atomic E-state index is 12.8. The highest BCUT2D eigenvalue weighted by Crippen LogP contribution is 2.26. The Bertz CT molecular complexity index is 919. The van der Waals surface area contributed by atoms with E-state index >= 15 is 0 Å². The molecule has 3 heterocycles. The van der Waals surface area contributed by atoms with Crippen LogP contribution >= 0.6 is 0 Å². The summed E-state index contributed by atoms with van der Waals surface area (Å²) in [6.45, 7) is 4.11. The third kappa shape index (κ3) is 3.79. The molecule has 0 spiro atoms. The van der Waals surface area contributed by atoms with Crippen molar-refractivity contribution in [2.45, 2.75) is 32.1 Å². The molecule has 0 saturated carbocycles. The average molecular weight is 364 g/mol. The Morgan fingerprint density at radius 1 is 1.19 bits per heavy atom. The summed E-state index contributed by atoms with van der Waals surface area (Å²) in [5, 5.41) is 8.64. The minimum absolute atomic E-state index is 0.165. The standard InChI is InChI=1S/C21H24N4O2/c1-2-27-18-10-8-16(9-11-18)14-20(26)24-12-5-6-17(15-24)21-23-22-19-7-3-4-13-25(19)21/h3-4,7-11,13,17H,2,5-6,12,14-15H2,1H3. The molecule has 1 aliphatic heterocycles. The summed E-state index contributed by atoms with van der Waals surface area (Å²) in [6.07, 6.45) is 4.43. The summed E-state index contributed by atoms with van der Waals surface area (Å²) in [4.78, 5) is 14.8. The highest BCUT2D eigenvalue weighted by atomic mass is 16.5. The summed E-state index contributed by atoms with van der Waals surface area (Å²) in [6, 6.07) is 13.7. The van der Waals surface area contributed by atoms with Crippen molar-refractivity contribution in [1.82, 2.24) is 19.5 Å². The second kappa shape index (κ2) is 7.78. The van der Waals surface area contributed by atoms with Gasteiger partial charge in [-0.2, -0.15) is 0 Å². The number of hydrogen-bond acceptors (Lipinski definition) is 4. The molecular weight excluding hydrogens is 340 g/mol. The molecule has 0 radical (unpaired) electrons. The number of carbonyl (C=O) groups is 1. The Morgan fingerprint density at radius 3 is 2.85 bits per heavy atom. The molecule has 4 rings (SSSR count). The van der Waals surface area contributed by atoms with Crippen LogP contribution in [0.15, 0.2) is 48.7 Å². The second-order valence-electron chi connectivity index (χ2n) is 6.92. The molecule has 27 heavy (non-hydrogen) atoms. The minimum atomic E-state index is 0.165. The fourth-order valence-corrected chi connectivity index (χ4v) is 3.71. The van der Waals surface area contributed by atoms with Crippen molar-refractivity contribution in [1.29, 1.82) is 0 Å². The normalized spacial score (nSPS) is 17.2. The number of fused-ring (bicyclic) bond motifs is 1. The maximum Gasteiger partial charge on any atom is 0.227 e. The summed E-state index contributed by atoms with van der Waals surface area (Å²) < 4.78 is 7.49. The highest BCUT2D eigenvalue weighted by Gasteiger charge is 2.27. The predicted octanol–water partition coefficient (Wildman–Crippen LogP) is 3.08. The van der Waals surface area contributed by atoms with Gasteiger partial charge in [-0.3, -0.25) is 9.20 Å². The van der Waals surface area contributed by atoms with Gasteiger partial charge in [-0.05, 0) is 49.6 Å². The van der Waals surface area contributed by atoms with Gasteiger partial charge in [0.15, 0.2) is 5.65 Å². The smallest absolute Gasteiger partial charge is 0.227 e. The van der Waals surface area contributed by atoms with Crippen molar-refractivity contribution in [3.05, 3.63) is 60.0 Å². The second-order valence-corrected chi connectivity index (χ2v) is 6.92. The van der Waals surface area contributed by atoms with Gasteiger partial charge in [0.05, 0.1) is 13.0 Å². The molecular formula is C21H24N4O2. The first-order chi connectivity index (χ1) is 13.2. The maximum atomic E-state index is 12.8. The molecule has 140 valence electrons. The number of piperidine rings is 1. The number of carbonyl (C=O) groups excluding carboxylic acids is 1. The molecule has 1 aliphatic rings. The molecule has 1 atom stereocenters. The molecule has 2 aromatic heterocycles. The Kier molecular flexibility index (Phi) is 5.05. The van der Waals surface area contributed by atoms with Crippen LogP contribution < -0.4 is 4.74 Å². The van der Waals surface area contributed by atoms with Crippen molar-refractivity contribution >= 4 is 11.6 Å². The Morgan fingerprint density at radius 2 is 2.04 bits per heavy atom. The zero-order chi connectivity index (χ0) is 18.6. The number of pyridine rings is 1. The molecule has 0 aliphatic carbocycles. The number of rotatable bonds is 5. The molecule has 0 N–H and O–H groups in total. The molecule has 0 bridgehead atoms. The summed E-state index contributed by atoms with van der Waals surface area (Å²) in [5.74, 6) is 2.17. The van der Waals surface area contributed by atoms with Crippen molar-refractivity contribution in [2.24, 2.45) is 0 Å². The van der Waals surface area contributed by atoms with E-state index in [9.17, 15) is 4.79 Å². The number of likely N-dealkylation sites (tertiary alicyclic amines) is 1. The van der Waals surface area contributed by atoms with Crippen LogP contribution in [-0.2, 0) is 11.2 Å². The van der Waals surface area contributed by atoms with Crippen LogP contribution in [0, 0.1) is 0 Å². The van der Waals surface area contributed by atoms with E-state index in [1.54, 1.807) is 0 Å². The van der Waals surface area contributed by atoms with Gasteiger partial charge in [0.25, 0.3) is 0 Å². The number of hydrogen-bond donors (Lipinski definition) is 0. The largest absolute Gasteiger partial charge is 0.494 e. The third-order valence-corrected chi connectivity index (χ3v) is 5.07. The van der Waals surface area contributed by atoms with Gasteiger partial charge in [0.1, 0.15) is 11.6 Å². The Hall–Kier alpha value is -2.89. The SMILES string of the molecule is CCOc1ccc(CC(=O)N2CCCC(c3nnc4ccccn34)C2)cc1. The van der Waals surface area contributed by atoms with Gasteiger partial charge in [0.2, 0.25) is 5.91 Å². The first kappa shape index (κ1) is 17.5. The van der Waals surface area contributed by atoms with E-state index in [-0.39, 0.29) is 11.8 Å². The van der Waals surface area contributed by atoms with Crippen LogP contribution in [0.25, 0.3) is 5.65 Å². The first-order valence-corrected chi connectivity index (χ1v) is 9.54. The summed E-state index contributed by atoms with van der Waals surface area (Å²) in [7, 11) is 0. The lowest BCUT2D eigenvalue weighted by molar-refractivity contribution is -0.131. The Balaban J connectivity index is 1.43. The fourth-order valence-electron chi connectivity index (χ4n) is 3.71. The van der Waals surface area contributed by atoms with Crippen LogP contribution in [0.2, 0.25) is 0 Å². The summed E-state index contributed by atoms with van der Waals surface area (Å²) >= 11 is 0. The highest BCUT2D eigenvalue weighted by molar-refractivity contribution is 5.79. The van der Waals surface area contributed by atoms with E-state index in [2.05, 4.69) is 10.2 Å². The lowest BCUT2D eigenvalue weighted by Gasteiger charge is -2.32. The van der Waals surface area contributed by atoms with Crippen molar-refractivity contribution in [3.8, 4) is 5.75 Å². The van der Waals surface area contributed by atoms with E-state index in [0.717, 1.165) is 42.2 Å². The van der Waals surface area contributed by atoms with Crippen molar-refractivity contribution in [3.63, 3.8) is 0 Å². The molecule has 1 amide bonds. The van der Waals surface area contributed by atoms with Crippen LogP contribution in [0.3, 0.4) is 0 Å². The lowest BCUT2D eigenvalue weighted by Crippen LogP contribution is -2.40. The molecule has 1 fully saturated rings. The lowest BCUT2D eigenvalue weighted by atomic mass is 9.96. The molecule has 6 heteroatoms. The zero-order valence-corrected chi connectivity index (χ0v) is 15.5. The van der Waals surface area contributed by atoms with E-state index in [4.69, 9.17) is 4.74 Å². The summed E-state index contributed by atoms with van der Waals surface area (Å²) in [5.41, 5.74) is 1.86. The van der Waals surface area contributed by atoms with E-state index in [1.165, 1.54) is 0 Å². The van der Waals surface area contributed by atoms with Gasteiger partial charge in [-0.25, -0.2) is 0 Å². The quantitative estimate of drug-likeness (QED) is 0.698. The van der Waals surface area contributed by atoms with E-state index < -0.39 is 0 Å². The van der Waals surface area contributed by atoms with Gasteiger partial charge in [0, 0.05) is 25.2 Å². The molecule has 1 saturated heterocycles. The number of ether oxygens (including phenoxy) is 1. The molecule has 3 aromatic rings.